The van der Waals surface area contributed by atoms with E-state index in [0.29, 0.717) is 25.8 Å². The Kier molecular flexibility index (Phi) is 7.16. The number of hydrogen-bond acceptors (Lipinski definition) is 4. The summed E-state index contributed by atoms with van der Waals surface area (Å²) in [5.74, 6) is -4.01. The Hall–Kier alpha value is -1.74. The van der Waals surface area contributed by atoms with Crippen LogP contribution in [-0.4, -0.2) is 48.4 Å². The minimum atomic E-state index is -1.25. The summed E-state index contributed by atoms with van der Waals surface area (Å²) in [7, 11) is 0. The molecule has 1 fully saturated rings. The van der Waals surface area contributed by atoms with Gasteiger partial charge in [-0.1, -0.05) is 20.8 Å². The lowest BCUT2D eigenvalue weighted by Crippen LogP contribution is -2.59. The molecule has 1 atom stereocenters. The van der Waals surface area contributed by atoms with Crippen LogP contribution < -0.4 is 5.32 Å². The molecule has 1 heterocycles. The fraction of sp³-hybridized carbons (Fsp3) is 0.556. The fourth-order valence-corrected chi connectivity index (χ4v) is 3.28. The first-order chi connectivity index (χ1) is 12.6. The van der Waals surface area contributed by atoms with E-state index in [1.165, 1.54) is 4.90 Å². The van der Waals surface area contributed by atoms with Crippen LogP contribution in [0.25, 0.3) is 0 Å². The third kappa shape index (κ3) is 6.14. The summed E-state index contributed by atoms with van der Waals surface area (Å²) in [4.78, 5) is 25.9. The maximum Gasteiger partial charge on any atom is 0.270 e. The van der Waals surface area contributed by atoms with Crippen molar-refractivity contribution in [2.75, 3.05) is 25.4 Å². The standard InChI is InChI=1S/C18H23F3N2O3S/c1-18(2,3)10-26-17-16(25)22-4-5-23(17)15(24)9-27-8-11-6-13(20)14(21)7-12(11)19/h6-7,17H,4-5,8-10H2,1-3H3,(H,22,25)/t17-/m1/s1. The number of hydrogen-bond donors (Lipinski definition) is 1. The van der Waals surface area contributed by atoms with E-state index < -0.39 is 23.7 Å². The Balaban J connectivity index is 1.94. The van der Waals surface area contributed by atoms with Gasteiger partial charge in [-0.15, -0.1) is 11.8 Å². The highest BCUT2D eigenvalue weighted by atomic mass is 32.2. The summed E-state index contributed by atoms with van der Waals surface area (Å²) in [5, 5.41) is 2.66. The Morgan fingerprint density at radius 1 is 1.26 bits per heavy atom. The lowest BCUT2D eigenvalue weighted by Gasteiger charge is -2.36. The van der Waals surface area contributed by atoms with Crippen molar-refractivity contribution >= 4 is 23.6 Å². The molecular formula is C18H23F3N2O3S. The number of nitrogens with zero attached hydrogens (tertiary/aromatic N) is 1. The quantitative estimate of drug-likeness (QED) is 0.741. The summed E-state index contributed by atoms with van der Waals surface area (Å²) in [6, 6.07) is 1.27. The predicted octanol–water partition coefficient (Wildman–Crippen LogP) is 2.68. The van der Waals surface area contributed by atoms with Gasteiger partial charge in [-0.3, -0.25) is 9.59 Å². The molecule has 2 amide bonds. The molecule has 0 spiro atoms. The van der Waals surface area contributed by atoms with E-state index in [9.17, 15) is 22.8 Å². The number of amides is 2. The number of nitrogens with one attached hydrogen (secondary N) is 1. The van der Waals surface area contributed by atoms with Crippen molar-refractivity contribution in [2.24, 2.45) is 5.41 Å². The number of thioether (sulfide) groups is 1. The van der Waals surface area contributed by atoms with Gasteiger partial charge in [0.1, 0.15) is 5.82 Å². The maximum absolute atomic E-state index is 13.6. The van der Waals surface area contributed by atoms with Crippen molar-refractivity contribution in [1.29, 1.82) is 0 Å². The number of carbonyl (C=O) groups is 2. The Bertz CT molecular complexity index is 710. The molecule has 2 rings (SSSR count). The zero-order chi connectivity index (χ0) is 20.2. The maximum atomic E-state index is 13.6. The average Bonchev–Trinajstić information content (AvgIpc) is 2.57. The lowest BCUT2D eigenvalue weighted by atomic mass is 9.99. The van der Waals surface area contributed by atoms with Gasteiger partial charge in [-0.05, 0) is 11.5 Å². The minimum Gasteiger partial charge on any atom is -0.350 e. The van der Waals surface area contributed by atoms with Crippen LogP contribution in [0.2, 0.25) is 0 Å². The van der Waals surface area contributed by atoms with E-state index in [2.05, 4.69) is 5.32 Å². The van der Waals surface area contributed by atoms with Gasteiger partial charge in [-0.25, -0.2) is 13.2 Å². The molecule has 1 saturated heterocycles. The van der Waals surface area contributed by atoms with Crippen LogP contribution in [0.1, 0.15) is 26.3 Å². The molecule has 0 radical (unpaired) electrons. The zero-order valence-electron chi connectivity index (χ0n) is 15.5. The third-order valence-corrected chi connectivity index (χ3v) is 4.69. The van der Waals surface area contributed by atoms with Crippen LogP contribution in [0.3, 0.4) is 0 Å². The van der Waals surface area contributed by atoms with Crippen molar-refractivity contribution in [2.45, 2.75) is 32.8 Å². The molecule has 0 unspecified atom stereocenters. The Morgan fingerprint density at radius 2 is 1.93 bits per heavy atom. The van der Waals surface area contributed by atoms with Crippen molar-refractivity contribution in [3.63, 3.8) is 0 Å². The minimum absolute atomic E-state index is 0.00231. The molecule has 0 saturated carbocycles. The van der Waals surface area contributed by atoms with Gasteiger partial charge in [-0.2, -0.15) is 0 Å². The topological polar surface area (TPSA) is 58.6 Å². The molecule has 9 heteroatoms. The fourth-order valence-electron chi connectivity index (χ4n) is 2.40. The van der Waals surface area contributed by atoms with Crippen LogP contribution in [0.15, 0.2) is 12.1 Å². The van der Waals surface area contributed by atoms with Crippen molar-refractivity contribution in [3.8, 4) is 0 Å². The molecule has 0 aromatic heterocycles. The van der Waals surface area contributed by atoms with Gasteiger partial charge in [0.15, 0.2) is 11.6 Å². The molecule has 27 heavy (non-hydrogen) atoms. The van der Waals surface area contributed by atoms with Gasteiger partial charge >= 0.3 is 0 Å². The van der Waals surface area contributed by atoms with E-state index in [1.807, 2.05) is 20.8 Å². The Labute approximate surface area is 160 Å². The molecule has 0 aliphatic carbocycles. The first kappa shape index (κ1) is 21.6. The predicted molar refractivity (Wildman–Crippen MR) is 96.4 cm³/mol. The van der Waals surface area contributed by atoms with Gasteiger partial charge < -0.3 is 15.0 Å². The number of piperazine rings is 1. The highest BCUT2D eigenvalue weighted by Gasteiger charge is 2.34. The van der Waals surface area contributed by atoms with Crippen LogP contribution in [0, 0.1) is 22.9 Å². The van der Waals surface area contributed by atoms with E-state index in [4.69, 9.17) is 4.74 Å². The average molecular weight is 404 g/mol. The van der Waals surface area contributed by atoms with Crippen molar-refractivity contribution in [1.82, 2.24) is 10.2 Å². The van der Waals surface area contributed by atoms with Crippen molar-refractivity contribution in [3.05, 3.63) is 35.1 Å². The van der Waals surface area contributed by atoms with E-state index in [0.717, 1.165) is 17.8 Å². The highest BCUT2D eigenvalue weighted by Crippen LogP contribution is 2.21. The highest BCUT2D eigenvalue weighted by molar-refractivity contribution is 7.99. The summed E-state index contributed by atoms with van der Waals surface area (Å²) < 4.78 is 45.5. The molecule has 1 aliphatic rings. The van der Waals surface area contributed by atoms with Gasteiger partial charge in [0.05, 0.1) is 12.4 Å². The zero-order valence-corrected chi connectivity index (χ0v) is 16.3. The normalized spacial score (nSPS) is 17.8. The molecule has 1 aromatic rings. The largest absolute Gasteiger partial charge is 0.350 e. The summed E-state index contributed by atoms with van der Waals surface area (Å²) in [5.41, 5.74) is -0.200. The molecule has 0 bridgehead atoms. The second-order valence-corrected chi connectivity index (χ2v) is 8.44. The third-order valence-electron chi connectivity index (χ3n) is 3.73. The number of ether oxygens (including phenoxy) is 1. The lowest BCUT2D eigenvalue weighted by molar-refractivity contribution is -0.165. The summed E-state index contributed by atoms with van der Waals surface area (Å²) >= 11 is 1.06. The van der Waals surface area contributed by atoms with Crippen LogP contribution in [0.5, 0.6) is 0 Å². The van der Waals surface area contributed by atoms with E-state index in [1.54, 1.807) is 0 Å². The molecule has 1 aromatic carbocycles. The first-order valence-electron chi connectivity index (χ1n) is 8.48. The van der Waals surface area contributed by atoms with E-state index in [-0.39, 0.29) is 34.3 Å². The second kappa shape index (κ2) is 8.97. The summed E-state index contributed by atoms with van der Waals surface area (Å²) in [6.07, 6.45) is -1.01. The Morgan fingerprint density at radius 3 is 2.59 bits per heavy atom. The SMILES string of the molecule is CC(C)(C)CO[C@@H]1C(=O)NCCN1C(=O)CSCc1cc(F)c(F)cc1F. The van der Waals surface area contributed by atoms with E-state index >= 15 is 0 Å². The molecule has 1 aliphatic heterocycles. The monoisotopic (exact) mass is 404 g/mol. The number of halogens is 3. The molecular weight excluding hydrogens is 381 g/mol. The van der Waals surface area contributed by atoms with Crippen LogP contribution in [-0.2, 0) is 20.1 Å². The smallest absolute Gasteiger partial charge is 0.270 e. The number of benzene rings is 1. The first-order valence-corrected chi connectivity index (χ1v) is 9.64. The number of carbonyl (C=O) groups excluding carboxylic acids is 2. The molecule has 5 nitrogen and oxygen atoms in total. The van der Waals surface area contributed by atoms with Gasteiger partial charge in [0.2, 0.25) is 12.1 Å². The van der Waals surface area contributed by atoms with Gasteiger partial charge in [0.25, 0.3) is 5.91 Å². The second-order valence-electron chi connectivity index (χ2n) is 7.45. The molecule has 150 valence electrons. The van der Waals surface area contributed by atoms with Crippen LogP contribution in [0.4, 0.5) is 13.2 Å². The summed E-state index contributed by atoms with van der Waals surface area (Å²) in [6.45, 7) is 6.77. The van der Waals surface area contributed by atoms with Gasteiger partial charge in [0, 0.05) is 30.5 Å². The number of rotatable bonds is 6. The van der Waals surface area contributed by atoms with Crippen molar-refractivity contribution < 1.29 is 27.5 Å². The molecule has 1 N–H and O–H groups in total. The van der Waals surface area contributed by atoms with Crippen LogP contribution >= 0.6 is 11.8 Å².